The molecule has 1 aromatic rings. The molecule has 2 rings (SSSR count). The Bertz CT molecular complexity index is 672. The first kappa shape index (κ1) is 20.1. The minimum absolute atomic E-state index is 0.109. The minimum atomic E-state index is -0.959. The van der Waals surface area contributed by atoms with Gasteiger partial charge in [0, 0.05) is 19.0 Å². The summed E-state index contributed by atoms with van der Waals surface area (Å²) in [4.78, 5) is 26.2. The van der Waals surface area contributed by atoms with Crippen molar-refractivity contribution in [2.24, 2.45) is 5.92 Å². The van der Waals surface area contributed by atoms with Crippen LogP contribution in [0.1, 0.15) is 45.6 Å². The fraction of sp³-hybridized carbons (Fsp3) is 0.579. The van der Waals surface area contributed by atoms with Crippen LogP contribution in [-0.4, -0.2) is 42.3 Å². The lowest BCUT2D eigenvalue weighted by Crippen LogP contribution is -2.47. The summed E-state index contributed by atoms with van der Waals surface area (Å²) in [6.45, 7) is 7.66. The molecule has 0 radical (unpaired) electrons. The molecule has 0 spiro atoms. The zero-order valence-corrected chi connectivity index (χ0v) is 15.6. The van der Waals surface area contributed by atoms with Crippen LogP contribution in [0.25, 0.3) is 0 Å². The quantitative estimate of drug-likeness (QED) is 0.759. The van der Waals surface area contributed by atoms with Crippen LogP contribution < -0.4 is 0 Å². The number of esters is 1. The van der Waals surface area contributed by atoms with E-state index in [0.717, 1.165) is 12.1 Å². The average Bonchev–Trinajstić information content (AvgIpc) is 2.55. The van der Waals surface area contributed by atoms with E-state index in [1.807, 2.05) is 0 Å². The van der Waals surface area contributed by atoms with Crippen LogP contribution in [0.5, 0.6) is 0 Å². The molecule has 1 aromatic carbocycles. The van der Waals surface area contributed by atoms with Gasteiger partial charge in [-0.1, -0.05) is 6.07 Å². The standard InChI is InChI=1S/C19H25F2NO4/c1-5-25-17(23)14-11-22(18(24)26-19(2,3)4)9-8-13(14)12-6-7-15(20)16(21)10-12/h6-7,10,13-14H,5,8-9,11H2,1-4H3. The Labute approximate surface area is 152 Å². The van der Waals surface area contributed by atoms with Crippen molar-refractivity contribution in [3.05, 3.63) is 35.4 Å². The van der Waals surface area contributed by atoms with Gasteiger partial charge in [0.2, 0.25) is 0 Å². The molecule has 1 aliphatic heterocycles. The fourth-order valence-electron chi connectivity index (χ4n) is 3.07. The lowest BCUT2D eigenvalue weighted by molar-refractivity contribution is -0.150. The number of hydrogen-bond donors (Lipinski definition) is 0. The second-order valence-corrected chi connectivity index (χ2v) is 7.35. The predicted molar refractivity (Wildman–Crippen MR) is 91.6 cm³/mol. The lowest BCUT2D eigenvalue weighted by atomic mass is 9.80. The first-order chi connectivity index (χ1) is 12.1. The molecule has 7 heteroatoms. The maximum absolute atomic E-state index is 13.6. The number of ether oxygens (including phenoxy) is 2. The predicted octanol–water partition coefficient (Wildman–Crippen LogP) is 3.87. The van der Waals surface area contributed by atoms with Gasteiger partial charge in [-0.2, -0.15) is 0 Å². The zero-order valence-electron chi connectivity index (χ0n) is 15.6. The van der Waals surface area contributed by atoms with E-state index >= 15 is 0 Å². The molecular weight excluding hydrogens is 344 g/mol. The summed E-state index contributed by atoms with van der Waals surface area (Å²) in [7, 11) is 0. The van der Waals surface area contributed by atoms with Gasteiger partial charge >= 0.3 is 12.1 Å². The van der Waals surface area contributed by atoms with Gasteiger partial charge in [0.1, 0.15) is 5.60 Å². The third-order valence-corrected chi connectivity index (χ3v) is 4.23. The first-order valence-corrected chi connectivity index (χ1v) is 8.72. The number of carbonyl (C=O) groups is 2. The number of nitrogens with zero attached hydrogens (tertiary/aromatic N) is 1. The highest BCUT2D eigenvalue weighted by Gasteiger charge is 2.39. The Morgan fingerprint density at radius 3 is 2.50 bits per heavy atom. The van der Waals surface area contributed by atoms with Crippen LogP contribution in [0.2, 0.25) is 0 Å². The van der Waals surface area contributed by atoms with Crippen molar-refractivity contribution in [2.75, 3.05) is 19.7 Å². The van der Waals surface area contributed by atoms with Crippen molar-refractivity contribution in [1.29, 1.82) is 0 Å². The van der Waals surface area contributed by atoms with Gasteiger partial charge in [0.05, 0.1) is 12.5 Å². The second kappa shape index (κ2) is 8.01. The Hall–Kier alpha value is -2.18. The zero-order chi connectivity index (χ0) is 19.5. The summed E-state index contributed by atoms with van der Waals surface area (Å²) in [5.41, 5.74) is -0.126. The lowest BCUT2D eigenvalue weighted by Gasteiger charge is -2.38. The van der Waals surface area contributed by atoms with Crippen LogP contribution in [0.3, 0.4) is 0 Å². The van der Waals surface area contributed by atoms with E-state index in [-0.39, 0.29) is 19.1 Å². The molecule has 1 heterocycles. The summed E-state index contributed by atoms with van der Waals surface area (Å²) in [6, 6.07) is 3.63. The molecule has 0 bridgehead atoms. The van der Waals surface area contributed by atoms with Gasteiger partial charge in [-0.05, 0) is 51.8 Å². The highest BCUT2D eigenvalue weighted by atomic mass is 19.2. The summed E-state index contributed by atoms with van der Waals surface area (Å²) < 4.78 is 37.4. The van der Waals surface area contributed by atoms with Crippen LogP contribution in [0.15, 0.2) is 18.2 Å². The minimum Gasteiger partial charge on any atom is -0.466 e. The van der Waals surface area contributed by atoms with Crippen LogP contribution in [0, 0.1) is 17.6 Å². The van der Waals surface area contributed by atoms with E-state index < -0.39 is 35.2 Å². The molecule has 1 saturated heterocycles. The van der Waals surface area contributed by atoms with Gasteiger partial charge in [0.15, 0.2) is 11.6 Å². The van der Waals surface area contributed by atoms with Gasteiger partial charge in [0.25, 0.3) is 0 Å². The Kier molecular flexibility index (Phi) is 6.21. The van der Waals surface area contributed by atoms with E-state index in [0.29, 0.717) is 18.5 Å². The monoisotopic (exact) mass is 369 g/mol. The number of amides is 1. The van der Waals surface area contributed by atoms with Gasteiger partial charge in [-0.3, -0.25) is 4.79 Å². The third-order valence-electron chi connectivity index (χ3n) is 4.23. The van der Waals surface area contributed by atoms with E-state index in [4.69, 9.17) is 9.47 Å². The molecule has 2 atom stereocenters. The van der Waals surface area contributed by atoms with Crippen LogP contribution in [-0.2, 0) is 14.3 Å². The molecular formula is C19H25F2NO4. The molecule has 144 valence electrons. The molecule has 1 amide bonds. The number of rotatable bonds is 3. The number of likely N-dealkylation sites (tertiary alicyclic amines) is 1. The van der Waals surface area contributed by atoms with Crippen molar-refractivity contribution in [1.82, 2.24) is 4.90 Å². The topological polar surface area (TPSA) is 55.8 Å². The summed E-state index contributed by atoms with van der Waals surface area (Å²) >= 11 is 0. The molecule has 1 aliphatic rings. The molecule has 0 aromatic heterocycles. The third kappa shape index (κ3) is 4.93. The smallest absolute Gasteiger partial charge is 0.410 e. The fourth-order valence-corrected chi connectivity index (χ4v) is 3.07. The number of hydrogen-bond acceptors (Lipinski definition) is 4. The van der Waals surface area contributed by atoms with E-state index in [1.165, 1.54) is 11.0 Å². The molecule has 0 N–H and O–H groups in total. The Balaban J connectivity index is 2.23. The molecule has 0 aliphatic carbocycles. The van der Waals surface area contributed by atoms with Gasteiger partial charge in [-0.25, -0.2) is 13.6 Å². The molecule has 0 saturated carbocycles. The Morgan fingerprint density at radius 2 is 1.92 bits per heavy atom. The Morgan fingerprint density at radius 1 is 1.23 bits per heavy atom. The first-order valence-electron chi connectivity index (χ1n) is 8.72. The van der Waals surface area contributed by atoms with Crippen LogP contribution in [0.4, 0.5) is 13.6 Å². The molecule has 1 fully saturated rings. The maximum atomic E-state index is 13.6. The maximum Gasteiger partial charge on any atom is 0.410 e. The summed E-state index contributed by atoms with van der Waals surface area (Å²) in [5, 5.41) is 0. The normalized spacial score (nSPS) is 20.6. The number of piperidine rings is 1. The number of carbonyl (C=O) groups excluding carboxylic acids is 2. The van der Waals surface area contributed by atoms with Gasteiger partial charge in [-0.15, -0.1) is 0 Å². The number of benzene rings is 1. The molecule has 26 heavy (non-hydrogen) atoms. The highest BCUT2D eigenvalue weighted by Crippen LogP contribution is 2.35. The van der Waals surface area contributed by atoms with Crippen molar-refractivity contribution in [3.8, 4) is 0 Å². The van der Waals surface area contributed by atoms with E-state index in [2.05, 4.69) is 0 Å². The van der Waals surface area contributed by atoms with Crippen molar-refractivity contribution < 1.29 is 27.8 Å². The molecule has 5 nitrogen and oxygen atoms in total. The highest BCUT2D eigenvalue weighted by molar-refractivity contribution is 5.76. The van der Waals surface area contributed by atoms with Crippen molar-refractivity contribution >= 4 is 12.1 Å². The van der Waals surface area contributed by atoms with Crippen LogP contribution >= 0.6 is 0 Å². The van der Waals surface area contributed by atoms with Gasteiger partial charge < -0.3 is 14.4 Å². The van der Waals surface area contributed by atoms with Crippen molar-refractivity contribution in [3.63, 3.8) is 0 Å². The summed E-state index contributed by atoms with van der Waals surface area (Å²) in [6.07, 6.45) is -0.0797. The SMILES string of the molecule is CCOC(=O)C1CN(C(=O)OC(C)(C)C)CCC1c1ccc(F)c(F)c1. The summed E-state index contributed by atoms with van der Waals surface area (Å²) in [5.74, 6) is -3.38. The van der Waals surface area contributed by atoms with E-state index in [1.54, 1.807) is 27.7 Å². The van der Waals surface area contributed by atoms with E-state index in [9.17, 15) is 18.4 Å². The number of halogens is 2. The second-order valence-electron chi connectivity index (χ2n) is 7.35. The largest absolute Gasteiger partial charge is 0.466 e. The van der Waals surface area contributed by atoms with Crippen molar-refractivity contribution in [2.45, 2.75) is 45.6 Å². The molecule has 2 unspecified atom stereocenters. The average molecular weight is 369 g/mol.